The second-order valence-corrected chi connectivity index (χ2v) is 7.86. The van der Waals surface area contributed by atoms with E-state index in [1.54, 1.807) is 0 Å². The number of halogens is 1. The van der Waals surface area contributed by atoms with Crippen LogP contribution in [-0.4, -0.2) is 17.5 Å². The van der Waals surface area contributed by atoms with E-state index in [1.807, 2.05) is 30.3 Å². The molecule has 0 N–H and O–H groups in total. The van der Waals surface area contributed by atoms with Gasteiger partial charge in [-0.2, -0.15) is 0 Å². The lowest BCUT2D eigenvalue weighted by atomic mass is 9.78. The third-order valence-electron chi connectivity index (χ3n) is 5.69. The van der Waals surface area contributed by atoms with Crippen LogP contribution in [0.25, 0.3) is 0 Å². The monoisotopic (exact) mass is 355 g/mol. The van der Waals surface area contributed by atoms with Crippen molar-refractivity contribution in [2.45, 2.75) is 51.1 Å². The van der Waals surface area contributed by atoms with Crippen LogP contribution in [0, 0.1) is 5.92 Å². The first-order valence-electron chi connectivity index (χ1n) is 9.54. The molecule has 0 amide bonds. The van der Waals surface area contributed by atoms with Gasteiger partial charge in [0.15, 0.2) is 0 Å². The van der Waals surface area contributed by atoms with Crippen molar-refractivity contribution in [1.29, 1.82) is 0 Å². The molecule has 4 rings (SSSR count). The van der Waals surface area contributed by atoms with Gasteiger partial charge in [0.05, 0.1) is 0 Å². The summed E-state index contributed by atoms with van der Waals surface area (Å²) < 4.78 is 5.99. The summed E-state index contributed by atoms with van der Waals surface area (Å²) in [6.45, 7) is 2.28. The Labute approximate surface area is 155 Å². The predicted octanol–water partition coefficient (Wildman–Crippen LogP) is 6.29. The molecule has 1 saturated carbocycles. The van der Waals surface area contributed by atoms with Gasteiger partial charge in [0.1, 0.15) is 11.5 Å². The van der Waals surface area contributed by atoms with E-state index in [0.717, 1.165) is 35.0 Å². The maximum atomic E-state index is 5.99. The Bertz CT molecular complexity index is 697. The van der Waals surface area contributed by atoms with E-state index in [0.29, 0.717) is 0 Å². The fourth-order valence-electron chi connectivity index (χ4n) is 4.50. The molecule has 2 aromatic rings. The van der Waals surface area contributed by atoms with Crippen molar-refractivity contribution >= 4 is 11.6 Å². The Morgan fingerprint density at radius 2 is 1.72 bits per heavy atom. The molecule has 0 spiro atoms. The molecule has 2 nitrogen and oxygen atoms in total. The number of ether oxygens (including phenoxy) is 1. The first kappa shape index (κ1) is 16.9. The van der Waals surface area contributed by atoms with Gasteiger partial charge >= 0.3 is 0 Å². The lowest BCUT2D eigenvalue weighted by Gasteiger charge is -2.44. The smallest absolute Gasteiger partial charge is 0.127 e. The molecule has 0 radical (unpaired) electrons. The van der Waals surface area contributed by atoms with Gasteiger partial charge in [-0.05, 0) is 80.1 Å². The number of benzene rings is 2. The molecule has 2 aromatic carbocycles. The van der Waals surface area contributed by atoms with Crippen LogP contribution in [-0.2, 0) is 6.54 Å². The summed E-state index contributed by atoms with van der Waals surface area (Å²) in [7, 11) is 0. The third-order valence-corrected chi connectivity index (χ3v) is 5.94. The van der Waals surface area contributed by atoms with E-state index >= 15 is 0 Å². The van der Waals surface area contributed by atoms with Gasteiger partial charge in [-0.25, -0.2) is 0 Å². The van der Waals surface area contributed by atoms with Gasteiger partial charge in [-0.1, -0.05) is 36.6 Å². The molecule has 2 fully saturated rings. The van der Waals surface area contributed by atoms with Crippen LogP contribution < -0.4 is 4.74 Å². The van der Waals surface area contributed by atoms with E-state index in [9.17, 15) is 0 Å². The quantitative estimate of drug-likeness (QED) is 0.639. The molecule has 0 aromatic heterocycles. The van der Waals surface area contributed by atoms with Gasteiger partial charge in [0.2, 0.25) is 0 Å². The Morgan fingerprint density at radius 1 is 0.920 bits per heavy atom. The first-order valence-corrected chi connectivity index (χ1v) is 9.92. The van der Waals surface area contributed by atoms with Crippen LogP contribution >= 0.6 is 11.6 Å². The zero-order valence-electron chi connectivity index (χ0n) is 14.7. The largest absolute Gasteiger partial charge is 0.457 e. The van der Waals surface area contributed by atoms with Crippen LogP contribution in [0.1, 0.15) is 44.1 Å². The normalized spacial score (nSPS) is 23.9. The van der Waals surface area contributed by atoms with Gasteiger partial charge in [0.25, 0.3) is 0 Å². The van der Waals surface area contributed by atoms with Gasteiger partial charge < -0.3 is 4.74 Å². The molecular weight excluding hydrogens is 330 g/mol. The van der Waals surface area contributed by atoms with Crippen molar-refractivity contribution in [3.63, 3.8) is 0 Å². The number of likely N-dealkylation sites (tertiary alicyclic amines) is 1. The van der Waals surface area contributed by atoms with Crippen molar-refractivity contribution < 1.29 is 4.74 Å². The van der Waals surface area contributed by atoms with Crippen LogP contribution in [0.2, 0.25) is 5.02 Å². The summed E-state index contributed by atoms with van der Waals surface area (Å²) in [5.41, 5.74) is 1.35. The fraction of sp³-hybridized carbons (Fsp3) is 0.455. The zero-order chi connectivity index (χ0) is 17.1. The highest BCUT2D eigenvalue weighted by Crippen LogP contribution is 2.36. The number of piperidine rings is 1. The molecule has 1 saturated heterocycles. The summed E-state index contributed by atoms with van der Waals surface area (Å²) in [5, 5.41) is 0.730. The van der Waals surface area contributed by atoms with Crippen LogP contribution in [0.15, 0.2) is 48.5 Å². The molecule has 2 atom stereocenters. The lowest BCUT2D eigenvalue weighted by Crippen LogP contribution is -2.46. The van der Waals surface area contributed by atoms with Crippen molar-refractivity contribution in [1.82, 2.24) is 4.90 Å². The van der Waals surface area contributed by atoms with Crippen molar-refractivity contribution in [2.24, 2.45) is 5.92 Å². The molecule has 0 bridgehead atoms. The molecule has 2 unspecified atom stereocenters. The number of fused-ring (bicyclic) bond motifs is 1. The summed E-state index contributed by atoms with van der Waals surface area (Å²) in [4.78, 5) is 2.72. The topological polar surface area (TPSA) is 12.5 Å². The molecule has 132 valence electrons. The summed E-state index contributed by atoms with van der Waals surface area (Å²) in [5.74, 6) is 2.65. The van der Waals surface area contributed by atoms with Crippen molar-refractivity contribution in [3.8, 4) is 11.5 Å². The summed E-state index contributed by atoms with van der Waals surface area (Å²) >= 11 is 5.94. The van der Waals surface area contributed by atoms with E-state index < -0.39 is 0 Å². The van der Waals surface area contributed by atoms with Crippen LogP contribution in [0.4, 0.5) is 0 Å². The second kappa shape index (κ2) is 7.80. The minimum absolute atomic E-state index is 0.730. The van der Waals surface area contributed by atoms with E-state index in [-0.39, 0.29) is 0 Å². The molecule has 1 aliphatic carbocycles. The molecule has 1 aliphatic heterocycles. The van der Waals surface area contributed by atoms with Gasteiger partial charge in [-0.15, -0.1) is 0 Å². The first-order chi connectivity index (χ1) is 12.3. The fourth-order valence-corrected chi connectivity index (χ4v) is 4.63. The van der Waals surface area contributed by atoms with E-state index in [2.05, 4.69) is 23.1 Å². The highest BCUT2D eigenvalue weighted by Gasteiger charge is 2.32. The number of nitrogens with zero attached hydrogens (tertiary/aromatic N) is 1. The average Bonchev–Trinajstić information content (AvgIpc) is 2.64. The summed E-state index contributed by atoms with van der Waals surface area (Å²) in [6.07, 6.45) is 8.42. The van der Waals surface area contributed by atoms with E-state index in [1.165, 1.54) is 50.6 Å². The van der Waals surface area contributed by atoms with Crippen LogP contribution in [0.3, 0.4) is 0 Å². The van der Waals surface area contributed by atoms with Crippen molar-refractivity contribution in [3.05, 3.63) is 59.1 Å². The Morgan fingerprint density at radius 3 is 2.60 bits per heavy atom. The predicted molar refractivity (Wildman–Crippen MR) is 103 cm³/mol. The molecule has 25 heavy (non-hydrogen) atoms. The highest BCUT2D eigenvalue weighted by atomic mass is 35.5. The van der Waals surface area contributed by atoms with Gasteiger partial charge in [-0.3, -0.25) is 4.90 Å². The average molecular weight is 356 g/mol. The SMILES string of the molecule is Clc1ccc(Oc2cccc(CN3CCCC4CCCCC43)c2)cc1. The molecular formula is C22H26ClNO. The maximum Gasteiger partial charge on any atom is 0.127 e. The second-order valence-electron chi connectivity index (χ2n) is 7.43. The Balaban J connectivity index is 1.44. The summed E-state index contributed by atoms with van der Waals surface area (Å²) in [6, 6.07) is 16.9. The Hall–Kier alpha value is -1.51. The molecule has 3 heteroatoms. The maximum absolute atomic E-state index is 5.99. The number of hydrogen-bond acceptors (Lipinski definition) is 2. The van der Waals surface area contributed by atoms with E-state index in [4.69, 9.17) is 16.3 Å². The minimum atomic E-state index is 0.730. The lowest BCUT2D eigenvalue weighted by molar-refractivity contribution is 0.0547. The van der Waals surface area contributed by atoms with Crippen molar-refractivity contribution in [2.75, 3.05) is 6.54 Å². The zero-order valence-corrected chi connectivity index (χ0v) is 15.4. The third kappa shape index (κ3) is 4.19. The molecule has 1 heterocycles. The Kier molecular flexibility index (Phi) is 5.28. The number of rotatable bonds is 4. The molecule has 2 aliphatic rings. The van der Waals surface area contributed by atoms with Gasteiger partial charge in [0, 0.05) is 17.6 Å². The van der Waals surface area contributed by atoms with Crippen LogP contribution in [0.5, 0.6) is 11.5 Å². The highest BCUT2D eigenvalue weighted by molar-refractivity contribution is 6.30. The minimum Gasteiger partial charge on any atom is -0.457 e. The number of hydrogen-bond donors (Lipinski definition) is 0. The standard InChI is InChI=1S/C22H26ClNO/c23-19-10-12-20(13-11-19)25-21-8-3-5-17(15-21)16-24-14-4-7-18-6-1-2-9-22(18)24/h3,5,8,10-13,15,18,22H,1-2,4,6-7,9,14,16H2.